The quantitative estimate of drug-likeness (QED) is 0.534. The lowest BCUT2D eigenvalue weighted by Gasteiger charge is -2.09. The molecule has 3 aromatic rings. The fraction of sp³-hybridized carbons (Fsp3) is 0.312. The second-order valence-electron chi connectivity index (χ2n) is 5.26. The summed E-state index contributed by atoms with van der Waals surface area (Å²) < 4.78 is 7.03. The number of pyridine rings is 1. The van der Waals surface area contributed by atoms with Crippen molar-refractivity contribution in [3.63, 3.8) is 0 Å². The highest BCUT2D eigenvalue weighted by Gasteiger charge is 2.18. The normalized spacial score (nSPS) is 10.8. The van der Waals surface area contributed by atoms with E-state index in [0.29, 0.717) is 42.4 Å². The van der Waals surface area contributed by atoms with Crippen molar-refractivity contribution in [1.29, 1.82) is 5.26 Å². The highest BCUT2D eigenvalue weighted by atomic mass is 35.5. The van der Waals surface area contributed by atoms with Gasteiger partial charge < -0.3 is 10.1 Å². The molecule has 3 heterocycles. The molecule has 1 N–H and O–H groups in total. The third kappa shape index (κ3) is 3.68. The van der Waals surface area contributed by atoms with Gasteiger partial charge in [-0.05, 0) is 43.1 Å². The molecule has 25 heavy (non-hydrogen) atoms. The van der Waals surface area contributed by atoms with Crippen LogP contribution >= 0.6 is 11.6 Å². The van der Waals surface area contributed by atoms with Crippen LogP contribution in [0.1, 0.15) is 18.2 Å². The second-order valence-corrected chi connectivity index (χ2v) is 5.60. The van der Waals surface area contributed by atoms with Gasteiger partial charge in [0.2, 0.25) is 5.28 Å². The van der Waals surface area contributed by atoms with Crippen LogP contribution < -0.4 is 5.32 Å². The van der Waals surface area contributed by atoms with Gasteiger partial charge in [-0.1, -0.05) is 0 Å². The number of ether oxygens (including phenoxy) is 1. The Morgan fingerprint density at radius 1 is 1.40 bits per heavy atom. The molecule has 0 spiro atoms. The van der Waals surface area contributed by atoms with Crippen LogP contribution in [0.2, 0.25) is 5.28 Å². The minimum atomic E-state index is 0.0310. The third-order valence-electron chi connectivity index (χ3n) is 3.48. The van der Waals surface area contributed by atoms with Gasteiger partial charge in [0, 0.05) is 12.8 Å². The highest BCUT2D eigenvalue weighted by molar-refractivity contribution is 6.28. The summed E-state index contributed by atoms with van der Waals surface area (Å²) in [6.07, 6.45) is 1.70. The molecular formula is C16H16ClN7O. The first-order chi connectivity index (χ1) is 12.1. The molecule has 0 atom stereocenters. The van der Waals surface area contributed by atoms with Crippen LogP contribution in [-0.4, -0.2) is 37.9 Å². The zero-order chi connectivity index (χ0) is 17.8. The molecule has 0 saturated carbocycles. The molecule has 0 bridgehead atoms. The lowest BCUT2D eigenvalue weighted by molar-refractivity contribution is 0.137. The number of fused-ring (bicyclic) bond motifs is 1. The summed E-state index contributed by atoms with van der Waals surface area (Å²) in [5, 5.41) is 16.8. The van der Waals surface area contributed by atoms with Gasteiger partial charge in [-0.3, -0.25) is 4.68 Å². The van der Waals surface area contributed by atoms with Gasteiger partial charge in [-0.2, -0.15) is 15.3 Å². The van der Waals surface area contributed by atoms with Crippen LogP contribution in [0.5, 0.6) is 0 Å². The minimum Gasteiger partial charge on any atom is -0.380 e. The maximum atomic E-state index is 9.34. The molecule has 9 heteroatoms. The number of nitrogens with one attached hydrogen (secondary N) is 1. The summed E-state index contributed by atoms with van der Waals surface area (Å²) in [6.45, 7) is 5.41. The maximum Gasteiger partial charge on any atom is 0.225 e. The van der Waals surface area contributed by atoms with Gasteiger partial charge >= 0.3 is 0 Å². The zero-order valence-corrected chi connectivity index (χ0v) is 14.6. The molecule has 0 aliphatic heterocycles. The summed E-state index contributed by atoms with van der Waals surface area (Å²) >= 11 is 6.03. The second kappa shape index (κ2) is 7.42. The number of aryl methyl sites for hydroxylation is 1. The van der Waals surface area contributed by atoms with Gasteiger partial charge in [0.25, 0.3) is 0 Å². The molecule has 128 valence electrons. The van der Waals surface area contributed by atoms with Crippen LogP contribution in [0.3, 0.4) is 0 Å². The average molecular weight is 358 g/mol. The van der Waals surface area contributed by atoms with E-state index in [9.17, 15) is 5.26 Å². The Hall–Kier alpha value is -2.76. The summed E-state index contributed by atoms with van der Waals surface area (Å²) in [7, 11) is 0. The van der Waals surface area contributed by atoms with E-state index in [1.165, 1.54) is 0 Å². The van der Waals surface area contributed by atoms with E-state index in [4.69, 9.17) is 16.3 Å². The molecule has 0 radical (unpaired) electrons. The zero-order valence-electron chi connectivity index (χ0n) is 13.8. The Morgan fingerprint density at radius 2 is 2.24 bits per heavy atom. The lowest BCUT2D eigenvalue weighted by Crippen LogP contribution is -2.09. The first kappa shape index (κ1) is 17.1. The molecule has 3 aromatic heterocycles. The molecule has 0 aliphatic rings. The van der Waals surface area contributed by atoms with E-state index >= 15 is 0 Å². The molecule has 0 unspecified atom stereocenters. The standard InChI is InChI=1S/C16H16ClN7O/c1-3-25-7-6-24-14-13(11(9-18)23-24)21-16(17)22-15(14)20-12-8-10(2)4-5-19-12/h4-5,8H,3,6-7H2,1-2H3,(H,19,20,21,22). The van der Waals surface area contributed by atoms with Crippen molar-refractivity contribution < 1.29 is 4.74 Å². The van der Waals surface area contributed by atoms with Crippen molar-refractivity contribution >= 4 is 34.3 Å². The number of nitrogens with zero attached hydrogens (tertiary/aromatic N) is 6. The minimum absolute atomic E-state index is 0.0310. The number of nitriles is 1. The van der Waals surface area contributed by atoms with Crippen molar-refractivity contribution in [2.45, 2.75) is 20.4 Å². The molecule has 0 fully saturated rings. The van der Waals surface area contributed by atoms with E-state index in [0.717, 1.165) is 5.56 Å². The number of halogens is 1. The fourth-order valence-corrected chi connectivity index (χ4v) is 2.57. The monoisotopic (exact) mass is 357 g/mol. The first-order valence-electron chi connectivity index (χ1n) is 7.74. The Labute approximate surface area is 149 Å². The maximum absolute atomic E-state index is 9.34. The SMILES string of the molecule is CCOCCn1nc(C#N)c2nc(Cl)nc(Nc3cc(C)ccn3)c21. The highest BCUT2D eigenvalue weighted by Crippen LogP contribution is 2.27. The molecule has 0 saturated heterocycles. The Balaban J connectivity index is 2.09. The summed E-state index contributed by atoms with van der Waals surface area (Å²) in [5.74, 6) is 1.06. The van der Waals surface area contributed by atoms with E-state index in [1.807, 2.05) is 32.0 Å². The summed E-state index contributed by atoms with van der Waals surface area (Å²) in [5.41, 5.74) is 2.23. The van der Waals surface area contributed by atoms with Crippen LogP contribution in [0, 0.1) is 18.3 Å². The molecular weight excluding hydrogens is 342 g/mol. The average Bonchev–Trinajstić information content (AvgIpc) is 2.93. The molecule has 3 rings (SSSR count). The predicted molar refractivity (Wildman–Crippen MR) is 93.8 cm³/mol. The van der Waals surface area contributed by atoms with Crippen LogP contribution in [-0.2, 0) is 11.3 Å². The van der Waals surface area contributed by atoms with Crippen molar-refractivity contribution in [1.82, 2.24) is 24.7 Å². The topological polar surface area (TPSA) is 102 Å². The Bertz CT molecular complexity index is 948. The first-order valence-corrected chi connectivity index (χ1v) is 8.11. The van der Waals surface area contributed by atoms with Gasteiger partial charge in [0.15, 0.2) is 11.5 Å². The molecule has 0 aromatic carbocycles. The molecule has 0 aliphatic carbocycles. The van der Waals surface area contributed by atoms with E-state index in [2.05, 4.69) is 25.4 Å². The van der Waals surface area contributed by atoms with E-state index in [-0.39, 0.29) is 11.0 Å². The van der Waals surface area contributed by atoms with Crippen LogP contribution in [0.15, 0.2) is 18.3 Å². The smallest absolute Gasteiger partial charge is 0.225 e. The van der Waals surface area contributed by atoms with Crippen molar-refractivity contribution in [2.75, 3.05) is 18.5 Å². The molecule has 0 amide bonds. The number of aromatic nitrogens is 5. The largest absolute Gasteiger partial charge is 0.380 e. The molecule has 8 nitrogen and oxygen atoms in total. The van der Waals surface area contributed by atoms with Gasteiger partial charge in [-0.15, -0.1) is 0 Å². The number of hydrogen-bond donors (Lipinski definition) is 1. The number of rotatable bonds is 6. The van der Waals surface area contributed by atoms with Crippen LogP contribution in [0.25, 0.3) is 11.0 Å². The lowest BCUT2D eigenvalue weighted by atomic mass is 10.3. The number of hydrogen-bond acceptors (Lipinski definition) is 7. The van der Waals surface area contributed by atoms with Gasteiger partial charge in [0.1, 0.15) is 22.9 Å². The van der Waals surface area contributed by atoms with E-state index in [1.54, 1.807) is 10.9 Å². The third-order valence-corrected chi connectivity index (χ3v) is 3.65. The van der Waals surface area contributed by atoms with Gasteiger partial charge in [0.05, 0.1) is 13.2 Å². The van der Waals surface area contributed by atoms with Gasteiger partial charge in [-0.25, -0.2) is 9.97 Å². The van der Waals surface area contributed by atoms with Crippen LogP contribution in [0.4, 0.5) is 11.6 Å². The number of anilines is 2. The summed E-state index contributed by atoms with van der Waals surface area (Å²) in [4.78, 5) is 12.7. The predicted octanol–water partition coefficient (Wildman–Crippen LogP) is 2.83. The van der Waals surface area contributed by atoms with Crippen molar-refractivity contribution in [3.8, 4) is 6.07 Å². The Morgan fingerprint density at radius 3 is 2.96 bits per heavy atom. The van der Waals surface area contributed by atoms with E-state index < -0.39 is 0 Å². The van der Waals surface area contributed by atoms with Crippen molar-refractivity contribution in [3.05, 3.63) is 34.9 Å². The fourth-order valence-electron chi connectivity index (χ4n) is 2.40. The summed E-state index contributed by atoms with van der Waals surface area (Å²) in [6, 6.07) is 5.82. The van der Waals surface area contributed by atoms with Crippen molar-refractivity contribution in [2.24, 2.45) is 0 Å². The Kier molecular flexibility index (Phi) is 5.07.